The fourth-order valence-corrected chi connectivity index (χ4v) is 8.58. The standard InChI is InChI=1S/C51H31N5O/c1-4-15-32(16-5-1)49-52-50(33-17-6-2-7-18-33)54-51(53-49)34-27-28-38-39-23-14-26-44(48(39)57-47(38)29-34)56-43-25-13-11-22-37(43)41-30-45-40(31-46(41)56)36-21-10-12-24-42(36)55(45)35-19-8-3-9-20-35/h1-31H. The Hall–Kier alpha value is -7.83. The van der Waals surface area contributed by atoms with Crippen LogP contribution in [0.3, 0.4) is 0 Å². The highest BCUT2D eigenvalue weighted by atomic mass is 16.3. The van der Waals surface area contributed by atoms with E-state index in [0.717, 1.165) is 61.0 Å². The molecule has 0 aliphatic rings. The number of para-hydroxylation sites is 4. The third-order valence-corrected chi connectivity index (χ3v) is 11.2. The maximum Gasteiger partial charge on any atom is 0.164 e. The average molecular weight is 730 g/mol. The maximum absolute atomic E-state index is 6.92. The minimum absolute atomic E-state index is 0.589. The van der Waals surface area contributed by atoms with Gasteiger partial charge in [-0.2, -0.15) is 0 Å². The summed E-state index contributed by atoms with van der Waals surface area (Å²) < 4.78 is 11.7. The summed E-state index contributed by atoms with van der Waals surface area (Å²) in [5.41, 5.74) is 11.0. The first kappa shape index (κ1) is 31.5. The van der Waals surface area contributed by atoms with Gasteiger partial charge in [-0.1, -0.05) is 133 Å². The zero-order chi connectivity index (χ0) is 37.5. The number of hydrogen-bond donors (Lipinski definition) is 0. The molecule has 0 amide bonds. The van der Waals surface area contributed by atoms with Crippen LogP contribution in [0, 0.1) is 0 Å². The molecule has 57 heavy (non-hydrogen) atoms. The fraction of sp³-hybridized carbons (Fsp3) is 0. The number of hydrogen-bond acceptors (Lipinski definition) is 4. The SMILES string of the molecule is c1ccc(-c2nc(-c3ccccc3)nc(-c3ccc4c(c3)oc3c(-n5c6ccccc6c6cc7c(cc65)c5ccccc5n7-c5ccccc5)cccc34)n2)cc1. The molecule has 0 bridgehead atoms. The van der Waals surface area contributed by atoms with Crippen LogP contribution in [-0.2, 0) is 0 Å². The van der Waals surface area contributed by atoms with E-state index in [4.69, 9.17) is 19.4 Å². The highest BCUT2D eigenvalue weighted by Gasteiger charge is 2.21. The predicted octanol–water partition coefficient (Wildman–Crippen LogP) is 13.0. The molecule has 0 saturated carbocycles. The molecular weight excluding hydrogens is 699 g/mol. The smallest absolute Gasteiger partial charge is 0.164 e. The van der Waals surface area contributed by atoms with Gasteiger partial charge in [0.15, 0.2) is 23.1 Å². The Morgan fingerprint density at radius 1 is 0.333 bits per heavy atom. The number of rotatable bonds is 5. The van der Waals surface area contributed by atoms with E-state index in [1.165, 1.54) is 32.6 Å². The molecule has 0 spiro atoms. The zero-order valence-corrected chi connectivity index (χ0v) is 30.5. The van der Waals surface area contributed by atoms with Crippen LogP contribution < -0.4 is 0 Å². The molecule has 266 valence electrons. The van der Waals surface area contributed by atoms with E-state index in [0.29, 0.717) is 17.5 Å². The summed E-state index contributed by atoms with van der Waals surface area (Å²) in [6.45, 7) is 0. The van der Waals surface area contributed by atoms with Gasteiger partial charge in [0.25, 0.3) is 0 Å². The van der Waals surface area contributed by atoms with Crippen molar-refractivity contribution in [2.45, 2.75) is 0 Å². The minimum Gasteiger partial charge on any atom is -0.454 e. The highest BCUT2D eigenvalue weighted by molar-refractivity contribution is 6.20. The van der Waals surface area contributed by atoms with Crippen LogP contribution in [-0.4, -0.2) is 24.1 Å². The zero-order valence-electron chi connectivity index (χ0n) is 30.5. The van der Waals surface area contributed by atoms with Gasteiger partial charge in [0.1, 0.15) is 5.58 Å². The molecule has 0 fully saturated rings. The summed E-state index contributed by atoms with van der Waals surface area (Å²) in [7, 11) is 0. The van der Waals surface area contributed by atoms with E-state index < -0.39 is 0 Å². The van der Waals surface area contributed by atoms with Gasteiger partial charge in [0, 0.05) is 54.7 Å². The van der Waals surface area contributed by atoms with Crippen LogP contribution in [0.4, 0.5) is 0 Å². The molecule has 4 heterocycles. The third-order valence-electron chi connectivity index (χ3n) is 11.2. The van der Waals surface area contributed by atoms with Crippen molar-refractivity contribution in [1.29, 1.82) is 0 Å². The van der Waals surface area contributed by atoms with Gasteiger partial charge in [-0.15, -0.1) is 0 Å². The summed E-state index contributed by atoms with van der Waals surface area (Å²) in [5.74, 6) is 1.84. The van der Waals surface area contributed by atoms with Crippen molar-refractivity contribution in [3.63, 3.8) is 0 Å². The molecule has 12 aromatic rings. The highest BCUT2D eigenvalue weighted by Crippen LogP contribution is 2.42. The number of nitrogens with zero attached hydrogens (tertiary/aromatic N) is 5. The molecule has 0 aliphatic heterocycles. The van der Waals surface area contributed by atoms with Crippen molar-refractivity contribution in [3.05, 3.63) is 188 Å². The quantitative estimate of drug-likeness (QED) is 0.177. The van der Waals surface area contributed by atoms with E-state index in [2.05, 4.69) is 137 Å². The van der Waals surface area contributed by atoms with Crippen LogP contribution in [0.5, 0.6) is 0 Å². The lowest BCUT2D eigenvalue weighted by Crippen LogP contribution is -2.00. The molecule has 6 heteroatoms. The van der Waals surface area contributed by atoms with Gasteiger partial charge in [0.2, 0.25) is 0 Å². The van der Waals surface area contributed by atoms with E-state index in [9.17, 15) is 0 Å². The Labute approximate surface area is 326 Å². The summed E-state index contributed by atoms with van der Waals surface area (Å²) >= 11 is 0. The van der Waals surface area contributed by atoms with E-state index >= 15 is 0 Å². The number of furan rings is 1. The Bertz CT molecular complexity index is 3450. The number of aromatic nitrogens is 5. The lowest BCUT2D eigenvalue weighted by molar-refractivity contribution is 0.666. The van der Waals surface area contributed by atoms with Crippen LogP contribution in [0.2, 0.25) is 0 Å². The molecule has 0 unspecified atom stereocenters. The van der Waals surface area contributed by atoms with Crippen molar-refractivity contribution >= 4 is 65.6 Å². The molecule has 8 aromatic carbocycles. The van der Waals surface area contributed by atoms with Crippen LogP contribution in [0.1, 0.15) is 0 Å². The molecule has 0 aliphatic carbocycles. The van der Waals surface area contributed by atoms with E-state index in [1.807, 2.05) is 60.7 Å². The van der Waals surface area contributed by atoms with Gasteiger partial charge in [-0.3, -0.25) is 0 Å². The van der Waals surface area contributed by atoms with Gasteiger partial charge in [0.05, 0.1) is 27.8 Å². The van der Waals surface area contributed by atoms with Gasteiger partial charge < -0.3 is 13.6 Å². The number of fused-ring (bicyclic) bond motifs is 9. The Balaban J connectivity index is 1.08. The second-order valence-electron chi connectivity index (χ2n) is 14.4. The molecule has 0 N–H and O–H groups in total. The lowest BCUT2D eigenvalue weighted by atomic mass is 10.1. The van der Waals surface area contributed by atoms with Crippen LogP contribution in [0.15, 0.2) is 192 Å². The molecule has 0 saturated heterocycles. The molecule has 4 aromatic heterocycles. The van der Waals surface area contributed by atoms with Crippen molar-refractivity contribution in [3.8, 4) is 45.5 Å². The first-order chi connectivity index (χ1) is 28.3. The van der Waals surface area contributed by atoms with Gasteiger partial charge >= 0.3 is 0 Å². The fourth-order valence-electron chi connectivity index (χ4n) is 8.58. The van der Waals surface area contributed by atoms with Crippen molar-refractivity contribution < 1.29 is 4.42 Å². The summed E-state index contributed by atoms with van der Waals surface area (Å²) in [6.07, 6.45) is 0. The Kier molecular flexibility index (Phi) is 6.83. The molecule has 12 rings (SSSR count). The second kappa shape index (κ2) is 12.3. The van der Waals surface area contributed by atoms with Gasteiger partial charge in [-0.25, -0.2) is 15.0 Å². The van der Waals surface area contributed by atoms with E-state index in [-0.39, 0.29) is 0 Å². The van der Waals surface area contributed by atoms with Crippen molar-refractivity contribution in [1.82, 2.24) is 24.1 Å². The maximum atomic E-state index is 6.92. The summed E-state index contributed by atoms with van der Waals surface area (Å²) in [4.78, 5) is 14.9. The molecule has 6 nitrogen and oxygen atoms in total. The Morgan fingerprint density at radius 3 is 1.47 bits per heavy atom. The lowest BCUT2D eigenvalue weighted by Gasteiger charge is -2.09. The molecule has 0 atom stereocenters. The van der Waals surface area contributed by atoms with Crippen LogP contribution >= 0.6 is 0 Å². The van der Waals surface area contributed by atoms with Gasteiger partial charge in [-0.05, 0) is 54.6 Å². The third kappa shape index (κ3) is 4.87. The number of benzene rings is 8. The average Bonchev–Trinajstić information content (AvgIpc) is 3.93. The molecule has 0 radical (unpaired) electrons. The first-order valence-electron chi connectivity index (χ1n) is 19.1. The Morgan fingerprint density at radius 2 is 0.842 bits per heavy atom. The summed E-state index contributed by atoms with van der Waals surface area (Å²) in [5, 5.41) is 6.88. The second-order valence-corrected chi connectivity index (χ2v) is 14.4. The molecular formula is C51H31N5O. The van der Waals surface area contributed by atoms with Crippen molar-refractivity contribution in [2.24, 2.45) is 0 Å². The van der Waals surface area contributed by atoms with E-state index in [1.54, 1.807) is 0 Å². The predicted molar refractivity (Wildman–Crippen MR) is 232 cm³/mol. The summed E-state index contributed by atoms with van der Waals surface area (Å²) in [6, 6.07) is 65.5. The van der Waals surface area contributed by atoms with Crippen molar-refractivity contribution in [2.75, 3.05) is 0 Å². The van der Waals surface area contributed by atoms with Crippen LogP contribution in [0.25, 0.3) is 111 Å². The topological polar surface area (TPSA) is 61.7 Å². The largest absolute Gasteiger partial charge is 0.454 e. The normalized spacial score (nSPS) is 11.9. The monoisotopic (exact) mass is 729 g/mol. The first-order valence-corrected chi connectivity index (χ1v) is 19.1. The minimum atomic E-state index is 0.589.